The van der Waals surface area contributed by atoms with Gasteiger partial charge in [-0.2, -0.15) is 5.26 Å². The van der Waals surface area contributed by atoms with Gasteiger partial charge in [-0.05, 0) is 31.2 Å². The van der Waals surface area contributed by atoms with Gasteiger partial charge in [0.2, 0.25) is 11.8 Å². The van der Waals surface area contributed by atoms with Crippen LogP contribution in [0.4, 0.5) is 5.69 Å². The number of anilines is 1. The molecule has 1 aliphatic rings. The molecule has 0 aromatic heterocycles. The Kier molecular flexibility index (Phi) is 6.07. The standard InChI is InChI=1S/C18H19N3O5/c1-12(17(24)20(2)11-3-10-19)26-18(25)13-4-6-14(7-5-13)21-15(22)8-9-16(21)23/h4-7,12H,3,8-9,11H2,1-2H3/t12-/m0/s1. The van der Waals surface area contributed by atoms with Gasteiger partial charge in [0.15, 0.2) is 6.10 Å². The highest BCUT2D eigenvalue weighted by Gasteiger charge is 2.30. The first-order valence-electron chi connectivity index (χ1n) is 8.14. The number of likely N-dealkylation sites (N-methyl/N-ethyl adjacent to an activating group) is 1. The van der Waals surface area contributed by atoms with E-state index in [1.807, 2.05) is 6.07 Å². The van der Waals surface area contributed by atoms with Crippen molar-refractivity contribution < 1.29 is 23.9 Å². The highest BCUT2D eigenvalue weighted by molar-refractivity contribution is 6.19. The summed E-state index contributed by atoms with van der Waals surface area (Å²) in [6.07, 6.45) is -0.436. The van der Waals surface area contributed by atoms with Crippen LogP contribution in [0.3, 0.4) is 0 Å². The smallest absolute Gasteiger partial charge is 0.338 e. The van der Waals surface area contributed by atoms with Crippen molar-refractivity contribution in [3.63, 3.8) is 0 Å². The molecule has 8 nitrogen and oxygen atoms in total. The zero-order valence-electron chi connectivity index (χ0n) is 14.6. The Morgan fingerprint density at radius 3 is 2.35 bits per heavy atom. The molecule has 1 fully saturated rings. The monoisotopic (exact) mass is 357 g/mol. The van der Waals surface area contributed by atoms with Crippen molar-refractivity contribution in [2.24, 2.45) is 0 Å². The lowest BCUT2D eigenvalue weighted by atomic mass is 10.2. The number of ether oxygens (including phenoxy) is 1. The van der Waals surface area contributed by atoms with Crippen LogP contribution in [0.15, 0.2) is 24.3 Å². The van der Waals surface area contributed by atoms with Crippen molar-refractivity contribution >= 4 is 29.4 Å². The summed E-state index contributed by atoms with van der Waals surface area (Å²) in [7, 11) is 1.53. The summed E-state index contributed by atoms with van der Waals surface area (Å²) >= 11 is 0. The van der Waals surface area contributed by atoms with E-state index in [1.54, 1.807) is 0 Å². The third-order valence-electron chi connectivity index (χ3n) is 3.98. The first-order chi connectivity index (χ1) is 12.3. The molecule has 136 valence electrons. The topological polar surface area (TPSA) is 108 Å². The molecule has 0 N–H and O–H groups in total. The maximum absolute atomic E-state index is 12.2. The number of hydrogen-bond donors (Lipinski definition) is 0. The van der Waals surface area contributed by atoms with Crippen LogP contribution in [-0.2, 0) is 19.1 Å². The third kappa shape index (κ3) is 4.25. The molecule has 3 amide bonds. The first-order valence-corrected chi connectivity index (χ1v) is 8.14. The predicted octanol–water partition coefficient (Wildman–Crippen LogP) is 1.26. The fraction of sp³-hybridized carbons (Fsp3) is 0.389. The van der Waals surface area contributed by atoms with Crippen molar-refractivity contribution in [3.8, 4) is 6.07 Å². The van der Waals surface area contributed by atoms with Gasteiger partial charge < -0.3 is 9.64 Å². The molecule has 0 spiro atoms. The molecule has 0 bridgehead atoms. The predicted molar refractivity (Wildman–Crippen MR) is 90.9 cm³/mol. The molecule has 8 heteroatoms. The van der Waals surface area contributed by atoms with Crippen molar-refractivity contribution in [1.82, 2.24) is 4.90 Å². The summed E-state index contributed by atoms with van der Waals surface area (Å²) in [5.41, 5.74) is 0.599. The lowest BCUT2D eigenvalue weighted by molar-refractivity contribution is -0.138. The number of hydrogen-bond acceptors (Lipinski definition) is 6. The van der Waals surface area contributed by atoms with Gasteiger partial charge in [-0.3, -0.25) is 19.3 Å². The van der Waals surface area contributed by atoms with E-state index in [0.717, 1.165) is 4.90 Å². The second-order valence-corrected chi connectivity index (χ2v) is 5.89. The fourth-order valence-corrected chi connectivity index (χ4v) is 2.53. The number of amides is 3. The van der Waals surface area contributed by atoms with E-state index in [9.17, 15) is 19.2 Å². The number of esters is 1. The van der Waals surface area contributed by atoms with E-state index in [0.29, 0.717) is 5.69 Å². The Labute approximate surface area is 150 Å². The molecule has 0 unspecified atom stereocenters. The quantitative estimate of drug-likeness (QED) is 0.560. The molecule has 0 aliphatic carbocycles. The normalized spacial score (nSPS) is 14.7. The molecular weight excluding hydrogens is 338 g/mol. The SMILES string of the molecule is C[C@H](OC(=O)c1ccc(N2C(=O)CCC2=O)cc1)C(=O)N(C)CCC#N. The second kappa shape index (κ2) is 8.25. The summed E-state index contributed by atoms with van der Waals surface area (Å²) in [5.74, 6) is -1.64. The van der Waals surface area contributed by atoms with Crippen LogP contribution in [0.2, 0.25) is 0 Å². The highest BCUT2D eigenvalue weighted by atomic mass is 16.5. The molecule has 0 radical (unpaired) electrons. The Balaban J connectivity index is 1.99. The molecule has 1 aliphatic heterocycles. The van der Waals surface area contributed by atoms with Crippen LogP contribution in [0.25, 0.3) is 0 Å². The summed E-state index contributed by atoms with van der Waals surface area (Å²) in [4.78, 5) is 50.1. The van der Waals surface area contributed by atoms with Crippen molar-refractivity contribution in [2.75, 3.05) is 18.5 Å². The number of benzene rings is 1. The summed E-state index contributed by atoms with van der Waals surface area (Å²) in [6, 6.07) is 7.79. The second-order valence-electron chi connectivity index (χ2n) is 5.89. The zero-order valence-corrected chi connectivity index (χ0v) is 14.6. The Morgan fingerprint density at radius 2 is 1.81 bits per heavy atom. The van der Waals surface area contributed by atoms with Gasteiger partial charge in [-0.25, -0.2) is 4.79 Å². The minimum absolute atomic E-state index is 0.182. The van der Waals surface area contributed by atoms with Crippen molar-refractivity contribution in [2.45, 2.75) is 32.3 Å². The maximum atomic E-state index is 12.2. The van der Waals surface area contributed by atoms with Gasteiger partial charge in [-0.1, -0.05) is 0 Å². The van der Waals surface area contributed by atoms with Crippen LogP contribution in [-0.4, -0.2) is 48.3 Å². The van der Waals surface area contributed by atoms with Gasteiger partial charge in [0.05, 0.1) is 23.7 Å². The number of imide groups is 1. The van der Waals surface area contributed by atoms with Crippen LogP contribution >= 0.6 is 0 Å². The van der Waals surface area contributed by atoms with E-state index >= 15 is 0 Å². The van der Waals surface area contributed by atoms with Crippen molar-refractivity contribution in [3.05, 3.63) is 29.8 Å². The number of rotatable bonds is 6. The molecular formula is C18H19N3O5. The fourth-order valence-electron chi connectivity index (χ4n) is 2.53. The van der Waals surface area contributed by atoms with E-state index in [1.165, 1.54) is 43.1 Å². The van der Waals surface area contributed by atoms with Crippen LogP contribution in [0.5, 0.6) is 0 Å². The molecule has 0 saturated carbocycles. The van der Waals surface area contributed by atoms with Gasteiger partial charge in [0, 0.05) is 26.4 Å². The van der Waals surface area contributed by atoms with Gasteiger partial charge in [0.1, 0.15) is 0 Å². The van der Waals surface area contributed by atoms with E-state index in [-0.39, 0.29) is 43.2 Å². The first kappa shape index (κ1) is 19.1. The van der Waals surface area contributed by atoms with Gasteiger partial charge in [0.25, 0.3) is 5.91 Å². The third-order valence-corrected chi connectivity index (χ3v) is 3.98. The average molecular weight is 357 g/mol. The average Bonchev–Trinajstić information content (AvgIpc) is 2.97. The summed E-state index contributed by atoms with van der Waals surface area (Å²) in [6.45, 7) is 1.71. The van der Waals surface area contributed by atoms with Gasteiger partial charge in [-0.15, -0.1) is 0 Å². The molecule has 2 rings (SSSR count). The maximum Gasteiger partial charge on any atom is 0.338 e. The lowest BCUT2D eigenvalue weighted by Crippen LogP contribution is -2.37. The molecule has 1 atom stereocenters. The molecule has 1 aromatic carbocycles. The molecule has 26 heavy (non-hydrogen) atoms. The Morgan fingerprint density at radius 1 is 1.23 bits per heavy atom. The largest absolute Gasteiger partial charge is 0.449 e. The lowest BCUT2D eigenvalue weighted by Gasteiger charge is -2.20. The van der Waals surface area contributed by atoms with E-state index in [4.69, 9.17) is 10.00 Å². The molecule has 1 heterocycles. The van der Waals surface area contributed by atoms with Gasteiger partial charge >= 0.3 is 5.97 Å². The highest BCUT2D eigenvalue weighted by Crippen LogP contribution is 2.23. The minimum atomic E-state index is -0.993. The van der Waals surface area contributed by atoms with E-state index in [2.05, 4.69) is 0 Å². The van der Waals surface area contributed by atoms with Crippen LogP contribution < -0.4 is 4.90 Å². The van der Waals surface area contributed by atoms with Crippen LogP contribution in [0.1, 0.15) is 36.5 Å². The van der Waals surface area contributed by atoms with Crippen molar-refractivity contribution in [1.29, 1.82) is 5.26 Å². The number of nitrogens with zero attached hydrogens (tertiary/aromatic N) is 3. The minimum Gasteiger partial charge on any atom is -0.449 e. The van der Waals surface area contributed by atoms with E-state index < -0.39 is 18.0 Å². The number of carbonyl (C=O) groups excluding carboxylic acids is 4. The number of carbonyl (C=O) groups is 4. The zero-order chi connectivity index (χ0) is 19.3. The molecule has 1 aromatic rings. The summed E-state index contributed by atoms with van der Waals surface area (Å²) in [5, 5.41) is 8.54. The summed E-state index contributed by atoms with van der Waals surface area (Å²) < 4.78 is 5.15. The number of nitriles is 1. The molecule has 1 saturated heterocycles. The van der Waals surface area contributed by atoms with Crippen LogP contribution in [0, 0.1) is 11.3 Å². The Hall–Kier alpha value is -3.21. The Bertz CT molecular complexity index is 750.